The number of para-hydroxylation sites is 1. The van der Waals surface area contributed by atoms with Crippen molar-refractivity contribution in [3.63, 3.8) is 0 Å². The third-order valence-corrected chi connectivity index (χ3v) is 9.17. The first-order chi connectivity index (χ1) is 20.8. The maximum Gasteiger partial charge on any atom is 0.164 e. The number of hydrogen-bond acceptors (Lipinski definition) is 5. The molecule has 43 heavy (non-hydrogen) atoms. The zero-order valence-corrected chi connectivity index (χ0v) is 24.7. The number of aromatic nitrogens is 4. The van der Waals surface area contributed by atoms with Gasteiger partial charge in [-0.15, -0.1) is 0 Å². The molecule has 0 saturated heterocycles. The lowest BCUT2D eigenvalue weighted by atomic mass is 9.67. The molecule has 6 aromatic rings. The molecule has 2 aliphatic rings. The second-order valence-electron chi connectivity index (χ2n) is 12.5. The Morgan fingerprint density at radius 1 is 0.465 bits per heavy atom. The van der Waals surface area contributed by atoms with Crippen LogP contribution in [0.4, 0.5) is 17.1 Å². The molecule has 0 N–H and O–H groups in total. The number of hydrogen-bond donors (Lipinski definition) is 0. The van der Waals surface area contributed by atoms with Crippen LogP contribution < -0.4 is 4.90 Å². The standard InChI is InChI=1S/C38H31N5/c1-37(2)27-17-11-12-18-31(27)43-32-20-19-26(21-28(32)38(3,4)30-23-39-22-29(37)33(30)43)36-41-34(24-13-7-5-8-14-24)40-35(42-36)25-15-9-6-10-16-25/h5-23H,1-4H3. The van der Waals surface area contributed by atoms with Crippen LogP contribution in [-0.4, -0.2) is 19.9 Å². The van der Waals surface area contributed by atoms with E-state index in [4.69, 9.17) is 19.9 Å². The van der Waals surface area contributed by atoms with Gasteiger partial charge in [-0.3, -0.25) is 4.98 Å². The predicted octanol–water partition coefficient (Wildman–Crippen LogP) is 9.02. The second-order valence-corrected chi connectivity index (χ2v) is 12.5. The minimum atomic E-state index is -0.292. The van der Waals surface area contributed by atoms with Crippen LogP contribution in [0.2, 0.25) is 0 Å². The van der Waals surface area contributed by atoms with Gasteiger partial charge in [0.2, 0.25) is 0 Å². The largest absolute Gasteiger partial charge is 0.309 e. The molecule has 0 aliphatic carbocycles. The molecule has 208 valence electrons. The van der Waals surface area contributed by atoms with E-state index in [-0.39, 0.29) is 10.8 Å². The molecule has 0 unspecified atom stereocenters. The maximum absolute atomic E-state index is 5.01. The van der Waals surface area contributed by atoms with Gasteiger partial charge in [-0.1, -0.05) is 107 Å². The molecule has 2 aromatic heterocycles. The third-order valence-electron chi connectivity index (χ3n) is 9.17. The van der Waals surface area contributed by atoms with E-state index in [0.29, 0.717) is 17.5 Å². The van der Waals surface area contributed by atoms with Gasteiger partial charge in [0.25, 0.3) is 0 Å². The minimum absolute atomic E-state index is 0.161. The first-order valence-corrected chi connectivity index (χ1v) is 14.7. The summed E-state index contributed by atoms with van der Waals surface area (Å²) in [5.41, 5.74) is 11.1. The van der Waals surface area contributed by atoms with Crippen molar-refractivity contribution in [3.8, 4) is 34.2 Å². The van der Waals surface area contributed by atoms with Crippen LogP contribution in [0.25, 0.3) is 34.2 Å². The second kappa shape index (κ2) is 9.17. The smallest absolute Gasteiger partial charge is 0.164 e. The zero-order valence-electron chi connectivity index (χ0n) is 24.7. The molecule has 4 aromatic carbocycles. The molecule has 8 rings (SSSR count). The Labute approximate surface area is 252 Å². The molecule has 0 spiro atoms. The summed E-state index contributed by atoms with van der Waals surface area (Å²) in [7, 11) is 0. The molecule has 0 saturated carbocycles. The van der Waals surface area contributed by atoms with E-state index in [1.807, 2.05) is 60.7 Å². The van der Waals surface area contributed by atoms with Crippen molar-refractivity contribution in [2.24, 2.45) is 0 Å². The Hall–Kier alpha value is -5.16. The van der Waals surface area contributed by atoms with Crippen molar-refractivity contribution >= 4 is 17.1 Å². The predicted molar refractivity (Wildman–Crippen MR) is 173 cm³/mol. The fourth-order valence-electron chi connectivity index (χ4n) is 6.78. The number of rotatable bonds is 3. The van der Waals surface area contributed by atoms with E-state index in [9.17, 15) is 0 Å². The van der Waals surface area contributed by atoms with E-state index >= 15 is 0 Å². The molecule has 4 heterocycles. The van der Waals surface area contributed by atoms with Crippen molar-refractivity contribution in [1.29, 1.82) is 0 Å². The van der Waals surface area contributed by atoms with Gasteiger partial charge in [0, 0.05) is 51.0 Å². The average Bonchev–Trinajstić information content (AvgIpc) is 3.05. The van der Waals surface area contributed by atoms with Gasteiger partial charge in [0.05, 0.1) is 17.1 Å². The van der Waals surface area contributed by atoms with E-state index in [1.165, 1.54) is 39.3 Å². The summed E-state index contributed by atoms with van der Waals surface area (Å²) in [4.78, 5) is 22.1. The Balaban J connectivity index is 1.35. The molecule has 0 amide bonds. The van der Waals surface area contributed by atoms with E-state index in [1.54, 1.807) is 0 Å². The van der Waals surface area contributed by atoms with Gasteiger partial charge in [-0.2, -0.15) is 0 Å². The van der Waals surface area contributed by atoms with Crippen LogP contribution in [0.3, 0.4) is 0 Å². The average molecular weight is 558 g/mol. The summed E-state index contributed by atoms with van der Waals surface area (Å²) in [5, 5.41) is 0. The third kappa shape index (κ3) is 3.77. The summed E-state index contributed by atoms with van der Waals surface area (Å²) in [6.07, 6.45) is 4.10. The normalized spacial score (nSPS) is 15.3. The molecule has 0 atom stereocenters. The quantitative estimate of drug-likeness (QED) is 0.217. The first kappa shape index (κ1) is 25.5. The fraction of sp³-hybridized carbons (Fsp3) is 0.158. The zero-order chi connectivity index (χ0) is 29.3. The number of fused-ring (bicyclic) bond motifs is 4. The summed E-state index contributed by atoms with van der Waals surface area (Å²) in [6, 6.07) is 35.7. The Kier molecular flexibility index (Phi) is 5.45. The first-order valence-electron chi connectivity index (χ1n) is 14.7. The monoisotopic (exact) mass is 557 g/mol. The lowest BCUT2D eigenvalue weighted by molar-refractivity contribution is 0.592. The summed E-state index contributed by atoms with van der Waals surface area (Å²) in [6.45, 7) is 9.22. The number of anilines is 3. The van der Waals surface area contributed by atoms with Crippen molar-refractivity contribution in [3.05, 3.63) is 138 Å². The van der Waals surface area contributed by atoms with E-state index in [0.717, 1.165) is 16.7 Å². The van der Waals surface area contributed by atoms with Crippen molar-refractivity contribution in [2.45, 2.75) is 38.5 Å². The van der Waals surface area contributed by atoms with Gasteiger partial charge in [0.15, 0.2) is 17.5 Å². The molecule has 2 aliphatic heterocycles. The Morgan fingerprint density at radius 2 is 0.953 bits per heavy atom. The van der Waals surface area contributed by atoms with Crippen molar-refractivity contribution in [2.75, 3.05) is 4.90 Å². The van der Waals surface area contributed by atoms with Crippen molar-refractivity contribution in [1.82, 2.24) is 19.9 Å². The molecule has 0 fully saturated rings. The van der Waals surface area contributed by atoms with Gasteiger partial charge in [0.1, 0.15) is 0 Å². The summed E-state index contributed by atoms with van der Waals surface area (Å²) in [5.74, 6) is 1.98. The number of nitrogens with zero attached hydrogens (tertiary/aromatic N) is 5. The van der Waals surface area contributed by atoms with Gasteiger partial charge in [-0.05, 0) is 35.4 Å². The van der Waals surface area contributed by atoms with Crippen LogP contribution in [0.15, 0.2) is 116 Å². The van der Waals surface area contributed by atoms with Crippen LogP contribution in [0.5, 0.6) is 0 Å². The molecule has 0 radical (unpaired) electrons. The van der Waals surface area contributed by atoms with Crippen LogP contribution >= 0.6 is 0 Å². The highest BCUT2D eigenvalue weighted by Gasteiger charge is 2.45. The highest BCUT2D eigenvalue weighted by atomic mass is 15.2. The minimum Gasteiger partial charge on any atom is -0.309 e. The number of benzene rings is 4. The van der Waals surface area contributed by atoms with Crippen LogP contribution in [-0.2, 0) is 10.8 Å². The van der Waals surface area contributed by atoms with Crippen LogP contribution in [0.1, 0.15) is 49.9 Å². The molecule has 5 nitrogen and oxygen atoms in total. The van der Waals surface area contributed by atoms with Gasteiger partial charge in [-0.25, -0.2) is 15.0 Å². The highest BCUT2D eigenvalue weighted by molar-refractivity contribution is 5.93. The summed E-state index contributed by atoms with van der Waals surface area (Å²) < 4.78 is 0. The fourth-order valence-corrected chi connectivity index (χ4v) is 6.78. The molecular weight excluding hydrogens is 526 g/mol. The Morgan fingerprint density at radius 3 is 1.56 bits per heavy atom. The van der Waals surface area contributed by atoms with Crippen LogP contribution in [0, 0.1) is 0 Å². The lowest BCUT2D eigenvalue weighted by Gasteiger charge is -2.49. The lowest BCUT2D eigenvalue weighted by Crippen LogP contribution is -2.38. The van der Waals surface area contributed by atoms with E-state index in [2.05, 4.69) is 87.5 Å². The molecular formula is C38H31N5. The molecule has 0 bridgehead atoms. The van der Waals surface area contributed by atoms with E-state index < -0.39 is 0 Å². The topological polar surface area (TPSA) is 54.8 Å². The number of pyridine rings is 1. The van der Waals surface area contributed by atoms with Crippen molar-refractivity contribution < 1.29 is 0 Å². The highest BCUT2D eigenvalue weighted by Crippen LogP contribution is 2.59. The Bertz CT molecular complexity index is 1970. The maximum atomic E-state index is 5.01. The molecule has 5 heteroatoms. The van der Waals surface area contributed by atoms with Gasteiger partial charge < -0.3 is 4.90 Å². The summed E-state index contributed by atoms with van der Waals surface area (Å²) >= 11 is 0. The SMILES string of the molecule is CC1(C)c2ccccc2N2c3ccc(-c4nc(-c5ccccc5)nc(-c5ccccc5)n4)cc3C(C)(C)c3cncc1c32. The van der Waals surface area contributed by atoms with Gasteiger partial charge >= 0.3 is 0 Å².